The summed E-state index contributed by atoms with van der Waals surface area (Å²) >= 11 is 0. The van der Waals surface area contributed by atoms with E-state index >= 15 is 0 Å². The minimum atomic E-state index is -0.150. The summed E-state index contributed by atoms with van der Waals surface area (Å²) in [4.78, 5) is 0. The second-order valence-electron chi connectivity index (χ2n) is 7.37. The summed E-state index contributed by atoms with van der Waals surface area (Å²) in [5.74, 6) is 2.54. The van der Waals surface area contributed by atoms with Crippen LogP contribution in [0.25, 0.3) is 0 Å². The highest BCUT2D eigenvalue weighted by Crippen LogP contribution is 2.58. The Morgan fingerprint density at radius 2 is 2.29 bits per heavy atom. The Kier molecular flexibility index (Phi) is 3.21. The van der Waals surface area contributed by atoms with Crippen molar-refractivity contribution in [2.75, 3.05) is 13.6 Å². The molecule has 4 unspecified atom stereocenters. The maximum Gasteiger partial charge on any atom is 0.123 e. The maximum absolute atomic E-state index is 13.3. The van der Waals surface area contributed by atoms with Gasteiger partial charge in [0, 0.05) is 18.5 Å². The minimum absolute atomic E-state index is 0.150. The Balaban J connectivity index is 1.51. The number of benzene rings is 1. The first-order chi connectivity index (χ1) is 10.2. The van der Waals surface area contributed by atoms with Gasteiger partial charge in [-0.05, 0) is 68.2 Å². The zero-order valence-corrected chi connectivity index (χ0v) is 12.7. The topological polar surface area (TPSA) is 21.3 Å². The number of nitrogens with one attached hydrogen (secondary N) is 1. The zero-order valence-electron chi connectivity index (χ0n) is 12.7. The highest BCUT2D eigenvalue weighted by Gasteiger charge is 2.51. The average molecular weight is 289 g/mol. The highest BCUT2D eigenvalue weighted by atomic mass is 19.1. The molecule has 0 radical (unpaired) electrons. The van der Waals surface area contributed by atoms with Gasteiger partial charge in [-0.1, -0.05) is 6.42 Å². The Morgan fingerprint density at radius 1 is 1.38 bits per heavy atom. The van der Waals surface area contributed by atoms with E-state index in [1.807, 2.05) is 0 Å². The van der Waals surface area contributed by atoms with Gasteiger partial charge in [-0.3, -0.25) is 0 Å². The van der Waals surface area contributed by atoms with Crippen LogP contribution in [0.5, 0.6) is 5.75 Å². The Bertz CT molecular complexity index is 546. The molecule has 21 heavy (non-hydrogen) atoms. The van der Waals surface area contributed by atoms with Crippen molar-refractivity contribution in [3.8, 4) is 5.75 Å². The number of hydrogen-bond acceptors (Lipinski definition) is 2. The van der Waals surface area contributed by atoms with Gasteiger partial charge in [-0.15, -0.1) is 0 Å². The third-order valence-electron chi connectivity index (χ3n) is 6.03. The molecular weight excluding hydrogens is 265 g/mol. The van der Waals surface area contributed by atoms with E-state index in [0.717, 1.165) is 42.5 Å². The van der Waals surface area contributed by atoms with E-state index in [4.69, 9.17) is 4.74 Å². The van der Waals surface area contributed by atoms with Crippen molar-refractivity contribution in [2.45, 2.75) is 44.6 Å². The van der Waals surface area contributed by atoms with Crippen LogP contribution in [0.3, 0.4) is 0 Å². The molecule has 4 rings (SSSR count). The SMILES string of the molecule is CNCC1(CC2Cc3cc(F)ccc3O2)CC2CCC1C2. The van der Waals surface area contributed by atoms with Crippen molar-refractivity contribution < 1.29 is 9.13 Å². The van der Waals surface area contributed by atoms with Crippen molar-refractivity contribution in [3.05, 3.63) is 29.6 Å². The largest absolute Gasteiger partial charge is 0.490 e. The third kappa shape index (κ3) is 2.26. The average Bonchev–Trinajstić information content (AvgIpc) is 3.12. The van der Waals surface area contributed by atoms with Crippen LogP contribution in [0, 0.1) is 23.1 Å². The van der Waals surface area contributed by atoms with E-state index in [9.17, 15) is 4.39 Å². The smallest absolute Gasteiger partial charge is 0.123 e. The van der Waals surface area contributed by atoms with E-state index in [2.05, 4.69) is 12.4 Å². The zero-order chi connectivity index (χ0) is 14.4. The van der Waals surface area contributed by atoms with Gasteiger partial charge in [0.2, 0.25) is 0 Å². The number of fused-ring (bicyclic) bond motifs is 3. The molecule has 1 aromatic carbocycles. The second kappa shape index (κ2) is 4.98. The fourth-order valence-corrected chi connectivity index (χ4v) is 5.31. The number of rotatable bonds is 4. The predicted octanol–water partition coefficient (Wildman–Crippen LogP) is 3.55. The summed E-state index contributed by atoms with van der Waals surface area (Å²) < 4.78 is 19.5. The van der Waals surface area contributed by atoms with Crippen LogP contribution in [0.15, 0.2) is 18.2 Å². The standard InChI is InChI=1S/C18H24FNO/c1-20-11-18(9-12-2-3-14(18)6-12)10-16-8-13-7-15(19)4-5-17(13)21-16/h4-5,7,12,14,16,20H,2-3,6,8-11H2,1H3. The van der Waals surface area contributed by atoms with E-state index in [-0.39, 0.29) is 11.9 Å². The third-order valence-corrected chi connectivity index (χ3v) is 6.03. The first-order valence-corrected chi connectivity index (χ1v) is 8.28. The lowest BCUT2D eigenvalue weighted by molar-refractivity contribution is 0.0811. The monoisotopic (exact) mass is 289 g/mol. The van der Waals surface area contributed by atoms with Gasteiger partial charge < -0.3 is 10.1 Å². The molecule has 3 heteroatoms. The summed E-state index contributed by atoms with van der Waals surface area (Å²) in [5, 5.41) is 3.42. The van der Waals surface area contributed by atoms with Gasteiger partial charge in [0.25, 0.3) is 0 Å². The van der Waals surface area contributed by atoms with Gasteiger partial charge in [0.05, 0.1) is 0 Å². The molecule has 2 fully saturated rings. The van der Waals surface area contributed by atoms with Crippen LogP contribution < -0.4 is 10.1 Å². The molecule has 3 aliphatic rings. The molecule has 1 heterocycles. The van der Waals surface area contributed by atoms with Crippen molar-refractivity contribution in [1.82, 2.24) is 5.32 Å². The molecule has 4 atom stereocenters. The predicted molar refractivity (Wildman–Crippen MR) is 80.9 cm³/mol. The summed E-state index contributed by atoms with van der Waals surface area (Å²) in [6.07, 6.45) is 7.79. The van der Waals surface area contributed by atoms with Crippen molar-refractivity contribution in [3.63, 3.8) is 0 Å². The molecular formula is C18H24FNO. The number of ether oxygens (including phenoxy) is 1. The summed E-state index contributed by atoms with van der Waals surface area (Å²) in [6.45, 7) is 1.10. The number of halogens is 1. The molecule has 2 aliphatic carbocycles. The van der Waals surface area contributed by atoms with Crippen molar-refractivity contribution in [1.29, 1.82) is 0 Å². The van der Waals surface area contributed by atoms with E-state index in [1.165, 1.54) is 31.7 Å². The Hall–Kier alpha value is -1.09. The first-order valence-electron chi connectivity index (χ1n) is 8.28. The molecule has 2 saturated carbocycles. The molecule has 0 spiro atoms. The molecule has 0 saturated heterocycles. The first kappa shape index (κ1) is 13.6. The van der Waals surface area contributed by atoms with Gasteiger partial charge >= 0.3 is 0 Å². The quantitative estimate of drug-likeness (QED) is 0.915. The lowest BCUT2D eigenvalue weighted by atomic mass is 9.69. The molecule has 1 N–H and O–H groups in total. The fourth-order valence-electron chi connectivity index (χ4n) is 5.31. The van der Waals surface area contributed by atoms with Gasteiger partial charge in [-0.2, -0.15) is 0 Å². The van der Waals surface area contributed by atoms with Gasteiger partial charge in [0.1, 0.15) is 17.7 Å². The van der Waals surface area contributed by atoms with Crippen LogP contribution in [0.1, 0.15) is 37.7 Å². The molecule has 1 aliphatic heterocycles. The Morgan fingerprint density at radius 3 is 3.00 bits per heavy atom. The highest BCUT2D eigenvalue weighted by molar-refractivity contribution is 5.38. The molecule has 0 amide bonds. The van der Waals surface area contributed by atoms with Crippen LogP contribution in [0.4, 0.5) is 4.39 Å². The summed E-state index contributed by atoms with van der Waals surface area (Å²) in [6, 6.07) is 4.93. The maximum atomic E-state index is 13.3. The van der Waals surface area contributed by atoms with Gasteiger partial charge in [-0.25, -0.2) is 4.39 Å². The summed E-state index contributed by atoms with van der Waals surface area (Å²) in [5.41, 5.74) is 1.45. The lowest BCUT2D eigenvalue weighted by Crippen LogP contribution is -2.41. The molecule has 0 aromatic heterocycles. The molecule has 2 bridgehead atoms. The van der Waals surface area contributed by atoms with Crippen LogP contribution >= 0.6 is 0 Å². The number of hydrogen-bond donors (Lipinski definition) is 1. The normalized spacial score (nSPS) is 36.8. The van der Waals surface area contributed by atoms with Gasteiger partial charge in [0.15, 0.2) is 0 Å². The second-order valence-corrected chi connectivity index (χ2v) is 7.37. The fraction of sp³-hybridized carbons (Fsp3) is 0.667. The molecule has 1 aromatic rings. The van der Waals surface area contributed by atoms with Crippen molar-refractivity contribution >= 4 is 0 Å². The van der Waals surface area contributed by atoms with Crippen LogP contribution in [0.2, 0.25) is 0 Å². The van der Waals surface area contributed by atoms with E-state index in [0.29, 0.717) is 5.41 Å². The summed E-state index contributed by atoms with van der Waals surface area (Å²) in [7, 11) is 2.06. The Labute approximate surface area is 126 Å². The van der Waals surface area contributed by atoms with Crippen LogP contribution in [-0.2, 0) is 6.42 Å². The van der Waals surface area contributed by atoms with E-state index in [1.54, 1.807) is 12.1 Å². The van der Waals surface area contributed by atoms with Crippen LogP contribution in [-0.4, -0.2) is 19.7 Å². The van der Waals surface area contributed by atoms with Crippen molar-refractivity contribution in [2.24, 2.45) is 17.3 Å². The lowest BCUT2D eigenvalue weighted by Gasteiger charge is -2.39. The molecule has 114 valence electrons. The van der Waals surface area contributed by atoms with E-state index < -0.39 is 0 Å². The molecule has 2 nitrogen and oxygen atoms in total. The minimum Gasteiger partial charge on any atom is -0.490 e.